The molecule has 2 aromatic carbocycles. The Bertz CT molecular complexity index is 1140. The second kappa shape index (κ2) is 13.2. The Morgan fingerprint density at radius 2 is 1.78 bits per heavy atom. The number of aliphatic hydroxyl groups is 1. The van der Waals surface area contributed by atoms with Gasteiger partial charge in [0.25, 0.3) is 5.91 Å². The summed E-state index contributed by atoms with van der Waals surface area (Å²) in [5.41, 5.74) is 2.85. The molecule has 8 heteroatoms. The molecule has 0 aliphatic carbocycles. The summed E-state index contributed by atoms with van der Waals surface area (Å²) in [6.07, 6.45) is 2.77. The number of benzene rings is 2. The Kier molecular flexibility index (Phi) is 10.1. The number of carbonyl (C=O) groups is 2. The van der Waals surface area contributed by atoms with E-state index in [2.05, 4.69) is 17.2 Å². The first-order valence-electron chi connectivity index (χ1n) is 12.3. The molecular formula is C28H34ClN3O4. The third kappa shape index (κ3) is 7.18. The zero-order valence-electron chi connectivity index (χ0n) is 21.0. The molecule has 0 spiro atoms. The first-order chi connectivity index (χ1) is 17.3. The molecule has 0 saturated carbocycles. The van der Waals surface area contributed by atoms with Gasteiger partial charge >= 0.3 is 5.97 Å². The minimum absolute atomic E-state index is 0.138. The van der Waals surface area contributed by atoms with Crippen molar-refractivity contribution < 1.29 is 19.4 Å². The normalized spacial score (nSPS) is 11.9. The number of nitrogens with one attached hydrogen (secondary N) is 1. The molecule has 7 nitrogen and oxygen atoms in total. The lowest BCUT2D eigenvalue weighted by atomic mass is 10.0. The maximum absolute atomic E-state index is 12.9. The van der Waals surface area contributed by atoms with Crippen LogP contribution in [0.15, 0.2) is 54.6 Å². The summed E-state index contributed by atoms with van der Waals surface area (Å²) in [5.74, 6) is -0.114. The maximum atomic E-state index is 12.9. The Labute approximate surface area is 217 Å². The summed E-state index contributed by atoms with van der Waals surface area (Å²) in [4.78, 5) is 30.0. The summed E-state index contributed by atoms with van der Waals surface area (Å²) in [5, 5.41) is 12.9. The van der Waals surface area contributed by atoms with Gasteiger partial charge in [-0.3, -0.25) is 4.79 Å². The molecule has 0 radical (unpaired) electrons. The largest absolute Gasteiger partial charge is 0.459 e. The van der Waals surface area contributed by atoms with Crippen molar-refractivity contribution in [2.24, 2.45) is 5.92 Å². The zero-order valence-corrected chi connectivity index (χ0v) is 21.8. The molecule has 0 aliphatic heterocycles. The molecule has 1 atom stereocenters. The van der Waals surface area contributed by atoms with E-state index in [1.165, 1.54) is 0 Å². The van der Waals surface area contributed by atoms with E-state index in [0.717, 1.165) is 36.2 Å². The molecular weight excluding hydrogens is 478 g/mol. The van der Waals surface area contributed by atoms with Gasteiger partial charge in [-0.05, 0) is 35.6 Å². The Morgan fingerprint density at radius 3 is 2.39 bits per heavy atom. The van der Waals surface area contributed by atoms with Gasteiger partial charge in [-0.2, -0.15) is 0 Å². The number of ether oxygens (including phenoxy) is 1. The minimum atomic E-state index is -0.762. The third-order valence-corrected chi connectivity index (χ3v) is 6.30. The molecule has 1 heterocycles. The third-order valence-electron chi connectivity index (χ3n) is 5.99. The monoisotopic (exact) mass is 511 g/mol. The van der Waals surface area contributed by atoms with Crippen LogP contribution in [-0.4, -0.2) is 32.6 Å². The highest BCUT2D eigenvalue weighted by atomic mass is 35.5. The second-order valence-electron chi connectivity index (χ2n) is 9.10. The number of amides is 1. The van der Waals surface area contributed by atoms with Gasteiger partial charge < -0.3 is 19.7 Å². The number of hydrogen-bond acceptors (Lipinski definition) is 5. The van der Waals surface area contributed by atoms with Crippen molar-refractivity contribution in [2.45, 2.75) is 65.8 Å². The van der Waals surface area contributed by atoms with Gasteiger partial charge in [-0.15, -0.1) is 0 Å². The quantitative estimate of drug-likeness (QED) is 0.337. The number of carbonyl (C=O) groups excluding carboxylic acids is 2. The number of aromatic nitrogens is 2. The van der Waals surface area contributed by atoms with Gasteiger partial charge in [-0.1, -0.05) is 81.3 Å². The molecule has 3 rings (SSSR count). The fourth-order valence-electron chi connectivity index (χ4n) is 3.85. The smallest absolute Gasteiger partial charge is 0.329 e. The number of aliphatic hydroxyl groups excluding tert-OH is 1. The molecule has 192 valence electrons. The topological polar surface area (TPSA) is 93.5 Å². The van der Waals surface area contributed by atoms with Crippen LogP contribution in [0.1, 0.15) is 66.6 Å². The average molecular weight is 512 g/mol. The van der Waals surface area contributed by atoms with E-state index in [4.69, 9.17) is 16.3 Å². The van der Waals surface area contributed by atoms with Crippen LogP contribution >= 0.6 is 11.6 Å². The Morgan fingerprint density at radius 1 is 1.08 bits per heavy atom. The van der Waals surface area contributed by atoms with Gasteiger partial charge in [0, 0.05) is 18.5 Å². The number of esters is 1. The molecule has 0 bridgehead atoms. The van der Waals surface area contributed by atoms with Crippen molar-refractivity contribution in [3.05, 3.63) is 88.0 Å². The van der Waals surface area contributed by atoms with E-state index in [9.17, 15) is 14.7 Å². The number of nitrogens with zero attached hydrogens (tertiary/aromatic N) is 2. The molecule has 0 fully saturated rings. The summed E-state index contributed by atoms with van der Waals surface area (Å²) in [6, 6.07) is 15.8. The van der Waals surface area contributed by atoms with Crippen LogP contribution in [-0.2, 0) is 35.7 Å². The van der Waals surface area contributed by atoms with Gasteiger partial charge in [0.1, 0.15) is 18.5 Å². The highest BCUT2D eigenvalue weighted by molar-refractivity contribution is 6.30. The number of hydrogen-bond donors (Lipinski definition) is 2. The van der Waals surface area contributed by atoms with E-state index in [1.807, 2.05) is 60.9 Å². The average Bonchev–Trinajstić information content (AvgIpc) is 3.18. The molecule has 2 N–H and O–H groups in total. The van der Waals surface area contributed by atoms with Crippen molar-refractivity contribution >= 4 is 23.5 Å². The minimum Gasteiger partial charge on any atom is -0.459 e. The highest BCUT2D eigenvalue weighted by Gasteiger charge is 2.26. The van der Waals surface area contributed by atoms with Crippen molar-refractivity contribution in [1.82, 2.24) is 14.9 Å². The summed E-state index contributed by atoms with van der Waals surface area (Å²) in [7, 11) is 0. The van der Waals surface area contributed by atoms with E-state index in [-0.39, 0.29) is 25.0 Å². The first-order valence-corrected chi connectivity index (χ1v) is 12.7. The number of unbranched alkanes of at least 4 members (excludes halogenated alkanes) is 1. The van der Waals surface area contributed by atoms with E-state index in [1.54, 1.807) is 12.1 Å². The van der Waals surface area contributed by atoms with Gasteiger partial charge in [0.2, 0.25) is 0 Å². The van der Waals surface area contributed by atoms with Crippen molar-refractivity contribution in [1.29, 1.82) is 0 Å². The zero-order chi connectivity index (χ0) is 26.1. The lowest BCUT2D eigenvalue weighted by molar-refractivity contribution is -0.148. The van der Waals surface area contributed by atoms with Crippen molar-refractivity contribution in [2.75, 3.05) is 0 Å². The van der Waals surface area contributed by atoms with E-state index < -0.39 is 12.0 Å². The van der Waals surface area contributed by atoms with Crippen LogP contribution in [0.2, 0.25) is 5.15 Å². The fourth-order valence-corrected chi connectivity index (χ4v) is 4.11. The van der Waals surface area contributed by atoms with Crippen molar-refractivity contribution in [3.63, 3.8) is 0 Å². The maximum Gasteiger partial charge on any atom is 0.329 e. The highest BCUT2D eigenvalue weighted by Crippen LogP contribution is 2.21. The number of imidazole rings is 1. The van der Waals surface area contributed by atoms with Gasteiger partial charge in [0.05, 0.1) is 12.3 Å². The van der Waals surface area contributed by atoms with E-state index in [0.29, 0.717) is 23.0 Å². The molecule has 1 aromatic heterocycles. The molecule has 36 heavy (non-hydrogen) atoms. The standard InChI is InChI=1S/C28H34ClN3O4/c1-4-5-11-24-30-26(29)23(17-33)32(24)16-20-12-14-22(15-13-20)27(34)31-25(19(2)3)28(35)36-18-21-9-7-6-8-10-21/h6-10,12-15,19,25,33H,4-5,11,16-18H2,1-3H3,(H,31,34)/t25-/m0/s1. The number of rotatable bonds is 12. The van der Waals surface area contributed by atoms with Crippen LogP contribution < -0.4 is 5.32 Å². The molecule has 0 unspecified atom stereocenters. The summed E-state index contributed by atoms with van der Waals surface area (Å²) >= 11 is 6.24. The van der Waals surface area contributed by atoms with E-state index >= 15 is 0 Å². The molecule has 3 aromatic rings. The Hall–Kier alpha value is -3.16. The van der Waals surface area contributed by atoms with Crippen LogP contribution in [0.3, 0.4) is 0 Å². The van der Waals surface area contributed by atoms with Crippen LogP contribution in [0.4, 0.5) is 0 Å². The predicted octanol–water partition coefficient (Wildman–Crippen LogP) is 4.92. The molecule has 1 amide bonds. The lowest BCUT2D eigenvalue weighted by Crippen LogP contribution is -2.45. The summed E-state index contributed by atoms with van der Waals surface area (Å²) in [6.45, 7) is 6.28. The fraction of sp³-hybridized carbons (Fsp3) is 0.393. The van der Waals surface area contributed by atoms with Crippen LogP contribution in [0, 0.1) is 5.92 Å². The number of aryl methyl sites for hydroxylation is 1. The SMILES string of the molecule is CCCCc1nc(Cl)c(CO)n1Cc1ccc(C(=O)N[C@H](C(=O)OCc2ccccc2)C(C)C)cc1. The number of halogens is 1. The van der Waals surface area contributed by atoms with Crippen LogP contribution in [0.5, 0.6) is 0 Å². The van der Waals surface area contributed by atoms with Crippen LogP contribution in [0.25, 0.3) is 0 Å². The van der Waals surface area contributed by atoms with Gasteiger partial charge in [0.15, 0.2) is 5.15 Å². The van der Waals surface area contributed by atoms with Crippen molar-refractivity contribution in [3.8, 4) is 0 Å². The lowest BCUT2D eigenvalue weighted by Gasteiger charge is -2.21. The molecule has 0 saturated heterocycles. The predicted molar refractivity (Wildman–Crippen MR) is 140 cm³/mol. The Balaban J connectivity index is 1.66. The second-order valence-corrected chi connectivity index (χ2v) is 9.46. The van der Waals surface area contributed by atoms with Gasteiger partial charge in [-0.25, -0.2) is 9.78 Å². The first kappa shape index (κ1) is 27.4. The molecule has 0 aliphatic rings. The summed E-state index contributed by atoms with van der Waals surface area (Å²) < 4.78 is 7.38.